The lowest BCUT2D eigenvalue weighted by Gasteiger charge is -2.12. The summed E-state index contributed by atoms with van der Waals surface area (Å²) in [6, 6.07) is 64.4. The molecule has 0 aliphatic heterocycles. The third kappa shape index (κ3) is 27.9. The molecule has 13 aromatic rings. The summed E-state index contributed by atoms with van der Waals surface area (Å²) in [7, 11) is 30.9. The number of pyridine rings is 2. The summed E-state index contributed by atoms with van der Waals surface area (Å²) in [5, 5.41) is 52.6. The van der Waals surface area contributed by atoms with Crippen LogP contribution in [0.15, 0.2) is 326 Å². The number of nitrogen functional groups attached to an aromatic ring is 2. The number of nitrogens with two attached hydrogens (primary N) is 2. The van der Waals surface area contributed by atoms with E-state index in [9.17, 15) is 0 Å². The van der Waals surface area contributed by atoms with Crippen molar-refractivity contribution >= 4 is 104 Å². The Labute approximate surface area is 658 Å². The zero-order chi connectivity index (χ0) is 78.9. The number of hydrogen-bond donors (Lipinski definition) is 4. The first kappa shape index (κ1) is 86.7. The summed E-state index contributed by atoms with van der Waals surface area (Å²) in [6.07, 6.45) is 27.2. The van der Waals surface area contributed by atoms with Gasteiger partial charge in [0.05, 0.1) is 137 Å². The van der Waals surface area contributed by atoms with Gasteiger partial charge in [-0.2, -0.15) is 10.2 Å². The van der Waals surface area contributed by atoms with Crippen molar-refractivity contribution in [1.29, 1.82) is 0 Å². The van der Waals surface area contributed by atoms with Crippen molar-refractivity contribution in [2.24, 2.45) is 122 Å². The molecule has 28 heteroatoms. The lowest BCUT2D eigenvalue weighted by atomic mass is 10.2. The topological polar surface area (TPSA) is 262 Å². The average Bonchev–Trinajstić information content (AvgIpc) is 1.85. The highest BCUT2D eigenvalue weighted by atomic mass is 16.5. The van der Waals surface area contributed by atoms with Crippen LogP contribution in [0.4, 0.5) is 92.0 Å². The van der Waals surface area contributed by atoms with E-state index in [-0.39, 0.29) is 14.9 Å². The standard InChI is InChI=1S/C17H18N6.C15H18N3O.C14H16N3.C13H18N5.C12H15N5.C11H13N5.2CH4/c1-22-11-12-23(2)17(22)21-20-16-9-7-15(8-10-16)19-14-5-3-13(18)4-6-14;1-17-10-8-13(9-11-17)12-16-18(2)14-4-6-15(19-3)7-5-14;1-16-10-8-13(9-11-16)12-15-17(2)14-6-4-3-5-7-14;1-16(2)12-7-5-11(6-8-12)14-15-13-17(3)9-10-18(13)4;1-13-10-4-6-11(7-5-10)14-15-12-16(2)8-9-17(12)3;1-15-7-8-16(2)11(15)14-13-10-5-3-9(12)4-6-10;;/h3-12H,1-2H3,(H2,18,20);4-12H,1-3H3;3-12H,1-2H3;5-10H,1-4H3;4-9H,1-3H3;3-8,12H,1-2H3;2*1H4/q;3*+1;;;;/p+3. The lowest BCUT2D eigenvalue weighted by Crippen LogP contribution is -2.25. The molecule has 580 valence electrons. The number of hydrogen-bond acceptors (Lipinski definition) is 18. The Morgan fingerprint density at radius 1 is 0.357 bits per heavy atom. The van der Waals surface area contributed by atoms with E-state index in [0.717, 1.165) is 109 Å². The van der Waals surface area contributed by atoms with Crippen molar-refractivity contribution in [3.05, 3.63) is 286 Å². The van der Waals surface area contributed by atoms with E-state index < -0.39 is 0 Å². The molecule has 0 radical (unpaired) electrons. The molecule has 28 nitrogen and oxygen atoms in total. The maximum Gasteiger partial charge on any atom is 0.421 e. The number of azo groups is 4. The monoisotopic (exact) mass is 1510 g/mol. The number of aryl methyl sites for hydroxylation is 10. The third-order valence-electron chi connectivity index (χ3n) is 16.4. The van der Waals surface area contributed by atoms with Crippen LogP contribution in [0.5, 0.6) is 5.75 Å². The second-order valence-electron chi connectivity index (χ2n) is 25.3. The summed E-state index contributed by atoms with van der Waals surface area (Å²) in [5.74, 6) is 4.04. The van der Waals surface area contributed by atoms with Crippen LogP contribution in [0.3, 0.4) is 0 Å². The summed E-state index contributed by atoms with van der Waals surface area (Å²) in [5.41, 5.74) is 24.4. The molecule has 7 aromatic carbocycles. The van der Waals surface area contributed by atoms with Gasteiger partial charge in [-0.1, -0.05) is 53.5 Å². The molecule has 0 atom stereocenters. The SMILES string of the molecule is C.C.CN(C)c1ccc(N=Nc2n(C)cc[n+]2C)cc1.CN(N=Cc1cc[n+](C)cc1)c1ccccc1.CNc1ccc(N=Nc2n(C)cc[n+]2C)cc1.COc1ccc(N(C)N=Cc2cc[n+](C)cc2)cc1.Cn1cc[n+](C)c1N=Nc1ccc(N)cc1.Cn1cc[n+](C)c1N=Nc1ccc(Nc2ccc(N)cc2)cc1. The number of ether oxygens (including phenoxy) is 1. The largest absolute Gasteiger partial charge is 0.497 e. The van der Waals surface area contributed by atoms with E-state index in [2.05, 4.69) is 66.7 Å². The van der Waals surface area contributed by atoms with E-state index in [1.54, 1.807) is 19.2 Å². The number of hydrazone groups is 2. The van der Waals surface area contributed by atoms with Gasteiger partial charge in [-0.05, 0) is 158 Å². The van der Waals surface area contributed by atoms with Gasteiger partial charge in [-0.15, -0.1) is 0 Å². The molecule has 0 saturated heterocycles. The number of methoxy groups -OCH3 is 1. The second kappa shape index (κ2) is 44.2. The first-order chi connectivity index (χ1) is 53.0. The molecule has 0 saturated carbocycles. The number of para-hydroxylation sites is 1. The number of benzene rings is 7. The van der Waals surface area contributed by atoms with Crippen LogP contribution in [-0.2, 0) is 70.5 Å². The van der Waals surface area contributed by atoms with Crippen molar-refractivity contribution in [3.8, 4) is 5.75 Å². The normalized spacial score (nSPS) is 10.8. The summed E-state index contributed by atoms with van der Waals surface area (Å²) < 4.78 is 24.5. The average molecular weight is 1510 g/mol. The van der Waals surface area contributed by atoms with Gasteiger partial charge in [0, 0.05) is 125 Å². The highest BCUT2D eigenvalue weighted by Gasteiger charge is 2.14. The van der Waals surface area contributed by atoms with E-state index in [0.29, 0.717) is 0 Å². The van der Waals surface area contributed by atoms with Gasteiger partial charge in [-0.25, -0.2) is 45.7 Å². The van der Waals surface area contributed by atoms with Gasteiger partial charge in [0.2, 0.25) is 0 Å². The zero-order valence-electron chi connectivity index (χ0n) is 65.5. The molecule has 6 aromatic heterocycles. The fourth-order valence-corrected chi connectivity index (χ4v) is 9.78. The first-order valence-corrected chi connectivity index (χ1v) is 35.0. The molecule has 0 amide bonds. The molecule has 0 aliphatic carbocycles. The van der Waals surface area contributed by atoms with E-state index in [1.165, 1.54) is 0 Å². The van der Waals surface area contributed by atoms with Crippen molar-refractivity contribution in [1.82, 2.24) is 18.3 Å². The van der Waals surface area contributed by atoms with Crippen LogP contribution in [-0.4, -0.2) is 73.0 Å². The Kier molecular flexibility index (Phi) is 34.2. The van der Waals surface area contributed by atoms with Crippen LogP contribution >= 0.6 is 0 Å². The van der Waals surface area contributed by atoms with Gasteiger partial charge in [0.1, 0.15) is 42.6 Å². The molecule has 0 unspecified atom stereocenters. The number of aromatic nitrogens is 10. The van der Waals surface area contributed by atoms with Crippen LogP contribution in [0, 0.1) is 0 Å². The first-order valence-electron chi connectivity index (χ1n) is 35.0. The van der Waals surface area contributed by atoms with Crippen LogP contribution in [0.25, 0.3) is 0 Å². The number of imidazole rings is 4. The van der Waals surface area contributed by atoms with E-state index in [4.69, 9.17) is 16.2 Å². The van der Waals surface area contributed by atoms with Gasteiger partial charge in [0.15, 0.2) is 24.8 Å². The number of nitrogens with zero attached hydrogens (tertiary/aromatic N) is 23. The smallest absolute Gasteiger partial charge is 0.421 e. The van der Waals surface area contributed by atoms with Gasteiger partial charge < -0.3 is 31.7 Å². The van der Waals surface area contributed by atoms with Crippen LogP contribution < -0.4 is 69.2 Å². The fourth-order valence-electron chi connectivity index (χ4n) is 9.78. The van der Waals surface area contributed by atoms with E-state index >= 15 is 0 Å². The number of anilines is 8. The van der Waals surface area contributed by atoms with Crippen molar-refractivity contribution in [2.45, 2.75) is 14.9 Å². The minimum Gasteiger partial charge on any atom is -0.497 e. The highest BCUT2D eigenvalue weighted by molar-refractivity contribution is 5.80. The third-order valence-corrected chi connectivity index (χ3v) is 16.4. The van der Waals surface area contributed by atoms with Crippen LogP contribution in [0.2, 0.25) is 0 Å². The molecular formula is C84H109N27O+6. The molecule has 13 rings (SSSR count). The maximum atomic E-state index is 5.68. The van der Waals surface area contributed by atoms with Crippen molar-refractivity contribution in [2.75, 3.05) is 79.4 Å². The predicted molar refractivity (Wildman–Crippen MR) is 451 cm³/mol. The predicted octanol–water partition coefficient (Wildman–Crippen LogP) is 15.3. The molecule has 0 fully saturated rings. The molecule has 112 heavy (non-hydrogen) atoms. The minimum absolute atomic E-state index is 0. The summed E-state index contributed by atoms with van der Waals surface area (Å²) in [6.45, 7) is 0. The Hall–Kier alpha value is -14.2. The van der Waals surface area contributed by atoms with Crippen LogP contribution in [0.1, 0.15) is 26.0 Å². The van der Waals surface area contributed by atoms with Gasteiger partial charge in [0.25, 0.3) is 0 Å². The maximum absolute atomic E-state index is 5.68. The molecule has 0 spiro atoms. The van der Waals surface area contributed by atoms with Gasteiger partial charge in [-0.3, -0.25) is 10.0 Å². The molecule has 6 N–H and O–H groups in total. The zero-order valence-corrected chi connectivity index (χ0v) is 65.5. The summed E-state index contributed by atoms with van der Waals surface area (Å²) >= 11 is 0. The summed E-state index contributed by atoms with van der Waals surface area (Å²) in [4.78, 5) is 2.05. The Morgan fingerprint density at radius 3 is 0.964 bits per heavy atom. The Balaban J connectivity index is 0.000000210. The lowest BCUT2D eigenvalue weighted by molar-refractivity contribution is -0.671. The Bertz CT molecular complexity index is 5020. The molecule has 0 aliphatic rings. The quantitative estimate of drug-likeness (QED) is 0.0198. The second-order valence-corrected chi connectivity index (χ2v) is 25.3. The van der Waals surface area contributed by atoms with Crippen molar-refractivity contribution in [3.63, 3.8) is 0 Å². The number of nitrogens with one attached hydrogen (secondary N) is 2. The Morgan fingerprint density at radius 2 is 0.652 bits per heavy atom. The van der Waals surface area contributed by atoms with Crippen molar-refractivity contribution < 1.29 is 32.1 Å². The number of rotatable bonds is 19. The van der Waals surface area contributed by atoms with E-state index in [1.807, 2.05) is 436 Å². The molecular weight excluding hydrogens is 1400 g/mol. The molecule has 6 heterocycles. The van der Waals surface area contributed by atoms with Gasteiger partial charge >= 0.3 is 23.8 Å². The molecule has 0 bridgehead atoms. The minimum atomic E-state index is 0. The highest BCUT2D eigenvalue weighted by Crippen LogP contribution is 2.25. The fraction of sp³-hybridized carbons (Fsp3) is 0.214.